The van der Waals surface area contributed by atoms with Crippen molar-refractivity contribution in [1.82, 2.24) is 52.3 Å². The first-order valence-electron chi connectivity index (χ1n) is 28.6. The molecular weight excluding hydrogens is 1030 g/mol. The monoisotopic (exact) mass is 1120 g/mol. The quantitative estimate of drug-likeness (QED) is 0.0440. The van der Waals surface area contributed by atoms with Crippen LogP contribution in [0.4, 0.5) is 0 Å². The molecule has 23 heteroatoms. The van der Waals surface area contributed by atoms with Crippen LogP contribution < -0.4 is 42.5 Å². The van der Waals surface area contributed by atoms with Gasteiger partial charge in [0, 0.05) is 63.4 Å². The average Bonchev–Trinajstić information content (AvgIpc) is 4.05. The van der Waals surface area contributed by atoms with Gasteiger partial charge in [-0.2, -0.15) is 0 Å². The standard InChI is InChI=1S/C57H86N10O13/c1-5-43(59-4)51(71)65-49-40(35-69)19-21-42-23-25-45(67(42)57(49)77)53(73)63-47(38-16-10-7-11-17-38)55(75)61-27-13-29-79-31-33-80-32-30-78-28-12-26-60-54(74)46(37-14-8-6-9-15-37)62-52(72)44-24-22-41-20-18-39(34-68)48(56(76)66(41)44)64-50(70)36(2)58-3/h6-11,14-17,36,39-49,58-59,68-69H,5,12-13,18-35H2,1-4H3,(H,60,74)(H,61,75)(H,62,72)(H,63,73)(H,64,70)(H,65,71). The van der Waals surface area contributed by atoms with Gasteiger partial charge in [0.05, 0.1) is 38.5 Å². The minimum atomic E-state index is -1.03. The number of carbonyl (C=O) groups excluding carboxylic acids is 8. The van der Waals surface area contributed by atoms with Crippen molar-refractivity contribution in [3.05, 3.63) is 71.8 Å². The molecule has 0 spiro atoms. The van der Waals surface area contributed by atoms with Crippen LogP contribution >= 0.6 is 0 Å². The minimum absolute atomic E-state index is 0.239. The molecule has 23 nitrogen and oxygen atoms in total. The van der Waals surface area contributed by atoms with Gasteiger partial charge in [-0.15, -0.1) is 0 Å². The van der Waals surface area contributed by atoms with Crippen LogP contribution in [0.25, 0.3) is 0 Å². The first kappa shape index (κ1) is 63.1. The van der Waals surface area contributed by atoms with Gasteiger partial charge >= 0.3 is 0 Å². The Morgan fingerprint density at radius 2 is 0.950 bits per heavy atom. The number of aliphatic hydroxyl groups excluding tert-OH is 2. The number of rotatable bonds is 31. The van der Waals surface area contributed by atoms with Gasteiger partial charge in [0.25, 0.3) is 0 Å². The molecule has 2 aromatic rings. The second-order valence-corrected chi connectivity index (χ2v) is 21.1. The fourth-order valence-corrected chi connectivity index (χ4v) is 11.2. The molecule has 0 saturated carbocycles. The van der Waals surface area contributed by atoms with E-state index in [-0.39, 0.29) is 50.2 Å². The highest BCUT2D eigenvalue weighted by molar-refractivity contribution is 5.97. The highest BCUT2D eigenvalue weighted by Gasteiger charge is 2.50. The van der Waals surface area contributed by atoms with Gasteiger partial charge in [-0.3, -0.25) is 38.4 Å². The third-order valence-corrected chi connectivity index (χ3v) is 15.9. The van der Waals surface area contributed by atoms with Gasteiger partial charge in [0.15, 0.2) is 0 Å². The van der Waals surface area contributed by atoms with Crippen molar-refractivity contribution < 1.29 is 62.8 Å². The molecule has 0 aromatic heterocycles. The van der Waals surface area contributed by atoms with Gasteiger partial charge < -0.3 is 76.8 Å². The number of nitrogens with zero attached hydrogens (tertiary/aromatic N) is 2. The van der Waals surface area contributed by atoms with Crippen LogP contribution in [0.15, 0.2) is 60.7 Å². The maximum Gasteiger partial charge on any atom is 0.247 e. The summed E-state index contributed by atoms with van der Waals surface area (Å²) in [5.74, 6) is -4.35. The zero-order valence-corrected chi connectivity index (χ0v) is 46.8. The number of fused-ring (bicyclic) bond motifs is 2. The Kier molecular flexibility index (Phi) is 25.5. The van der Waals surface area contributed by atoms with Crippen molar-refractivity contribution in [2.75, 3.05) is 80.0 Å². The summed E-state index contributed by atoms with van der Waals surface area (Å²) >= 11 is 0. The molecule has 0 bridgehead atoms. The molecule has 442 valence electrons. The van der Waals surface area contributed by atoms with Crippen molar-refractivity contribution in [2.24, 2.45) is 11.8 Å². The average molecular weight is 1120 g/mol. The number of ether oxygens (including phenoxy) is 3. The summed E-state index contributed by atoms with van der Waals surface area (Å²) < 4.78 is 17.1. The van der Waals surface area contributed by atoms with Crippen molar-refractivity contribution >= 4 is 47.3 Å². The van der Waals surface area contributed by atoms with E-state index in [1.165, 1.54) is 0 Å². The minimum Gasteiger partial charge on any atom is -0.396 e. The molecule has 4 fully saturated rings. The zero-order chi connectivity index (χ0) is 57.6. The maximum absolute atomic E-state index is 14.1. The Morgan fingerprint density at radius 1 is 0.550 bits per heavy atom. The largest absolute Gasteiger partial charge is 0.396 e. The fourth-order valence-electron chi connectivity index (χ4n) is 11.2. The second-order valence-electron chi connectivity index (χ2n) is 21.1. The van der Waals surface area contributed by atoms with Crippen molar-refractivity contribution in [1.29, 1.82) is 0 Å². The van der Waals surface area contributed by atoms with E-state index >= 15 is 0 Å². The summed E-state index contributed by atoms with van der Waals surface area (Å²) in [6, 6.07) is 10.4. The Bertz CT molecular complexity index is 2330. The van der Waals surface area contributed by atoms with Crippen LogP contribution in [-0.2, 0) is 52.6 Å². The van der Waals surface area contributed by atoms with E-state index < -0.39 is 95.6 Å². The Labute approximate surface area is 469 Å². The molecule has 4 heterocycles. The fraction of sp³-hybridized carbons (Fsp3) is 0.649. The number of carbonyl (C=O) groups is 8. The van der Waals surface area contributed by atoms with Crippen LogP contribution in [0, 0.1) is 11.8 Å². The molecule has 80 heavy (non-hydrogen) atoms. The molecule has 0 aliphatic carbocycles. The van der Waals surface area contributed by atoms with Crippen molar-refractivity contribution in [3.8, 4) is 0 Å². The van der Waals surface area contributed by atoms with E-state index in [2.05, 4.69) is 42.5 Å². The molecule has 12 atom stereocenters. The van der Waals surface area contributed by atoms with Gasteiger partial charge in [0.2, 0.25) is 47.3 Å². The lowest BCUT2D eigenvalue weighted by molar-refractivity contribution is -0.144. The summed E-state index contributed by atoms with van der Waals surface area (Å²) in [6.07, 6.45) is 5.58. The van der Waals surface area contributed by atoms with E-state index in [1.54, 1.807) is 79.3 Å². The normalized spacial score (nSPS) is 24.2. The van der Waals surface area contributed by atoms with Crippen LogP contribution in [-0.4, -0.2) is 196 Å². The molecule has 8 amide bonds. The Balaban J connectivity index is 0.866. The molecule has 4 aliphatic heterocycles. The van der Waals surface area contributed by atoms with Crippen molar-refractivity contribution in [2.45, 2.75) is 145 Å². The van der Waals surface area contributed by atoms with Gasteiger partial charge in [-0.1, -0.05) is 67.6 Å². The number of benzene rings is 2. The van der Waals surface area contributed by atoms with E-state index in [0.717, 1.165) is 0 Å². The first-order chi connectivity index (χ1) is 38.8. The lowest BCUT2D eigenvalue weighted by atomic mass is 9.93. The highest BCUT2D eigenvalue weighted by Crippen LogP contribution is 2.36. The number of amides is 8. The first-order valence-corrected chi connectivity index (χ1v) is 28.6. The Morgan fingerprint density at radius 3 is 1.34 bits per heavy atom. The lowest BCUT2D eigenvalue weighted by Gasteiger charge is -2.33. The number of likely N-dealkylation sites (N-methyl/N-ethyl adjacent to an activating group) is 2. The van der Waals surface area contributed by atoms with Crippen LogP contribution in [0.1, 0.15) is 108 Å². The van der Waals surface area contributed by atoms with Gasteiger partial charge in [-0.25, -0.2) is 0 Å². The number of aliphatic hydroxyl groups is 2. The predicted octanol–water partition coefficient (Wildman–Crippen LogP) is -0.137. The molecule has 4 saturated heterocycles. The van der Waals surface area contributed by atoms with Crippen molar-refractivity contribution in [3.63, 3.8) is 0 Å². The number of nitrogens with one attached hydrogen (secondary N) is 8. The second kappa shape index (κ2) is 32.4. The molecule has 2 aromatic carbocycles. The summed E-state index contributed by atoms with van der Waals surface area (Å²) in [6.45, 7) is 5.42. The van der Waals surface area contributed by atoms with E-state index in [1.807, 2.05) is 19.1 Å². The van der Waals surface area contributed by atoms with E-state index in [0.29, 0.717) is 121 Å². The molecule has 4 aliphatic rings. The molecule has 10 N–H and O–H groups in total. The highest BCUT2D eigenvalue weighted by atomic mass is 16.5. The third-order valence-electron chi connectivity index (χ3n) is 15.9. The third kappa shape index (κ3) is 17.0. The number of hydrogen-bond donors (Lipinski definition) is 10. The number of hydrogen-bond acceptors (Lipinski definition) is 15. The zero-order valence-electron chi connectivity index (χ0n) is 46.8. The molecule has 6 rings (SSSR count). The molecule has 0 radical (unpaired) electrons. The molecule has 12 unspecified atom stereocenters. The molecular formula is C57H86N10O13. The van der Waals surface area contributed by atoms with E-state index in [4.69, 9.17) is 14.2 Å². The van der Waals surface area contributed by atoms with Crippen LogP contribution in [0.3, 0.4) is 0 Å². The summed E-state index contributed by atoms with van der Waals surface area (Å²) in [4.78, 5) is 113. The lowest BCUT2D eigenvalue weighted by Crippen LogP contribution is -2.59. The van der Waals surface area contributed by atoms with Crippen LogP contribution in [0.5, 0.6) is 0 Å². The summed E-state index contributed by atoms with van der Waals surface area (Å²) in [5, 5.41) is 43.5. The SMILES string of the molecule is CCC(NC)C(=O)NC1C(=O)N2C(CCC1CO)CCC2C(=O)NC(C(=O)NCCCOCCOCCOCCCNC(=O)C(NC(=O)C1CCC2CCC(CO)C(NC(=O)C(C)NC)C(=O)N21)c1ccccc1)c1ccccc1. The maximum atomic E-state index is 14.1. The van der Waals surface area contributed by atoms with Gasteiger partial charge in [-0.05, 0) is 103 Å². The van der Waals surface area contributed by atoms with Crippen LogP contribution in [0.2, 0.25) is 0 Å². The summed E-state index contributed by atoms with van der Waals surface area (Å²) in [7, 11) is 3.30. The Hall–Kier alpha value is -6.08. The topological polar surface area (TPSA) is 307 Å². The summed E-state index contributed by atoms with van der Waals surface area (Å²) in [5.41, 5.74) is 1.14. The van der Waals surface area contributed by atoms with E-state index in [9.17, 15) is 48.6 Å². The van der Waals surface area contributed by atoms with Gasteiger partial charge in [0.1, 0.15) is 36.3 Å². The smallest absolute Gasteiger partial charge is 0.247 e. The predicted molar refractivity (Wildman–Crippen MR) is 295 cm³/mol.